The van der Waals surface area contributed by atoms with E-state index in [1.165, 1.54) is 0 Å². The first-order valence-corrected chi connectivity index (χ1v) is 10.1. The highest BCUT2D eigenvalue weighted by molar-refractivity contribution is 14.0. The fourth-order valence-corrected chi connectivity index (χ4v) is 2.38. The minimum Gasteiger partial charge on any atom is -0.355 e. The lowest BCUT2D eigenvalue weighted by atomic mass is 10.3. The molecule has 1 unspecified atom stereocenters. The largest absolute Gasteiger partial charge is 0.355 e. The Morgan fingerprint density at radius 3 is 2.68 bits per heavy atom. The van der Waals surface area contributed by atoms with Crippen LogP contribution < -0.4 is 15.4 Å². The van der Waals surface area contributed by atoms with Crippen molar-refractivity contribution in [3.63, 3.8) is 0 Å². The van der Waals surface area contributed by atoms with Crippen molar-refractivity contribution < 1.29 is 8.42 Å². The number of aliphatic imine (C=N–C) groups is 1. The summed E-state index contributed by atoms with van der Waals surface area (Å²) in [6, 6.07) is 0.278. The van der Waals surface area contributed by atoms with Crippen LogP contribution in [0.3, 0.4) is 0 Å². The summed E-state index contributed by atoms with van der Waals surface area (Å²) in [5.74, 6) is 1.62. The number of guanidine groups is 1. The lowest BCUT2D eigenvalue weighted by Crippen LogP contribution is -2.43. The third-order valence-corrected chi connectivity index (χ3v) is 4.13. The van der Waals surface area contributed by atoms with Crippen LogP contribution in [-0.2, 0) is 23.0 Å². The molecule has 0 spiro atoms. The summed E-state index contributed by atoms with van der Waals surface area (Å²) in [4.78, 5) is 4.40. The van der Waals surface area contributed by atoms with E-state index < -0.39 is 10.0 Å². The molecule has 0 bridgehead atoms. The summed E-state index contributed by atoms with van der Waals surface area (Å²) in [5.41, 5.74) is 0. The number of nitrogens with one attached hydrogen (secondary N) is 3. The van der Waals surface area contributed by atoms with Crippen LogP contribution >= 0.6 is 24.0 Å². The number of nitrogens with zero attached hydrogens (tertiary/aromatic N) is 4. The number of aryl methyl sites for hydroxylation is 1. The third-order valence-electron chi connectivity index (χ3n) is 3.40. The van der Waals surface area contributed by atoms with Crippen molar-refractivity contribution in [2.24, 2.45) is 4.99 Å². The van der Waals surface area contributed by atoms with Gasteiger partial charge in [0.25, 0.3) is 0 Å². The van der Waals surface area contributed by atoms with E-state index in [0.29, 0.717) is 19.0 Å². The van der Waals surface area contributed by atoms with E-state index in [9.17, 15) is 8.42 Å². The molecule has 0 amide bonds. The van der Waals surface area contributed by atoms with E-state index in [1.807, 2.05) is 11.5 Å². The van der Waals surface area contributed by atoms with E-state index >= 15 is 0 Å². The number of hydrogen-bond donors (Lipinski definition) is 3. The van der Waals surface area contributed by atoms with Gasteiger partial charge in [-0.3, -0.25) is 4.99 Å². The van der Waals surface area contributed by atoms with E-state index in [4.69, 9.17) is 0 Å². The predicted molar refractivity (Wildman–Crippen MR) is 111 cm³/mol. The van der Waals surface area contributed by atoms with Crippen LogP contribution in [0.2, 0.25) is 0 Å². The van der Waals surface area contributed by atoms with Gasteiger partial charge >= 0.3 is 0 Å². The van der Waals surface area contributed by atoms with E-state index in [2.05, 4.69) is 44.4 Å². The predicted octanol–water partition coefficient (Wildman–Crippen LogP) is 0.341. The zero-order valence-electron chi connectivity index (χ0n) is 15.3. The Bertz CT molecular complexity index is 618. The first kappa shape index (κ1) is 24.1. The number of halogens is 1. The molecule has 0 saturated heterocycles. The molecule has 146 valence electrons. The zero-order valence-corrected chi connectivity index (χ0v) is 18.5. The second kappa shape index (κ2) is 12.4. The molecule has 3 N–H and O–H groups in total. The molecule has 1 aromatic rings. The van der Waals surface area contributed by atoms with Gasteiger partial charge in [0.1, 0.15) is 12.2 Å². The number of hydrogen-bond acceptors (Lipinski definition) is 5. The Hall–Kier alpha value is -0.950. The molecule has 0 fully saturated rings. The van der Waals surface area contributed by atoms with Crippen LogP contribution in [0.15, 0.2) is 11.3 Å². The average molecular weight is 487 g/mol. The van der Waals surface area contributed by atoms with Crippen LogP contribution in [0, 0.1) is 0 Å². The summed E-state index contributed by atoms with van der Waals surface area (Å²) < 4.78 is 26.5. The summed E-state index contributed by atoms with van der Waals surface area (Å²) in [5, 5.41) is 14.5. The van der Waals surface area contributed by atoms with Gasteiger partial charge < -0.3 is 15.2 Å². The van der Waals surface area contributed by atoms with Gasteiger partial charge in [-0.2, -0.15) is 0 Å². The van der Waals surface area contributed by atoms with Gasteiger partial charge in [0.15, 0.2) is 5.96 Å². The molecule has 1 aromatic heterocycles. The average Bonchev–Trinajstić information content (AvgIpc) is 2.97. The Balaban J connectivity index is 0.00000576. The molecule has 0 aliphatic heterocycles. The molecule has 11 heteroatoms. The minimum atomic E-state index is -3.18. The van der Waals surface area contributed by atoms with Crippen LogP contribution in [0.5, 0.6) is 0 Å². The van der Waals surface area contributed by atoms with Gasteiger partial charge in [-0.25, -0.2) is 13.1 Å². The molecule has 1 atom stereocenters. The third kappa shape index (κ3) is 10.6. The lowest BCUT2D eigenvalue weighted by Gasteiger charge is -2.17. The summed E-state index contributed by atoms with van der Waals surface area (Å²) in [6.45, 7) is 8.25. The lowest BCUT2D eigenvalue weighted by molar-refractivity contribution is 0.586. The molecule has 1 rings (SSSR count). The fourth-order valence-electron chi connectivity index (χ4n) is 1.92. The van der Waals surface area contributed by atoms with E-state index in [1.54, 1.807) is 6.33 Å². The molecule has 0 aromatic carbocycles. The van der Waals surface area contributed by atoms with Gasteiger partial charge in [0.05, 0.1) is 12.8 Å². The van der Waals surface area contributed by atoms with Crippen LogP contribution in [-0.4, -0.2) is 61.1 Å². The normalized spacial score (nSPS) is 13.2. The van der Waals surface area contributed by atoms with Gasteiger partial charge in [-0.05, 0) is 13.3 Å². The second-order valence-electron chi connectivity index (χ2n) is 5.57. The van der Waals surface area contributed by atoms with Crippen molar-refractivity contribution in [3.8, 4) is 0 Å². The van der Waals surface area contributed by atoms with Crippen LogP contribution in [0.1, 0.15) is 33.0 Å². The van der Waals surface area contributed by atoms with Crippen molar-refractivity contribution in [2.75, 3.05) is 25.9 Å². The Labute approximate surface area is 167 Å². The molecule has 1 heterocycles. The van der Waals surface area contributed by atoms with Gasteiger partial charge in [0, 0.05) is 32.1 Å². The van der Waals surface area contributed by atoms with Crippen molar-refractivity contribution in [3.05, 3.63) is 12.2 Å². The highest BCUT2D eigenvalue weighted by Crippen LogP contribution is 1.95. The molecular weight excluding hydrogens is 457 g/mol. The monoisotopic (exact) mass is 487 g/mol. The Kier molecular flexibility index (Phi) is 11.9. The first-order chi connectivity index (χ1) is 11.4. The van der Waals surface area contributed by atoms with Crippen LogP contribution in [0.4, 0.5) is 0 Å². The summed E-state index contributed by atoms with van der Waals surface area (Å²) in [7, 11) is -3.18. The first-order valence-electron chi connectivity index (χ1n) is 8.21. The minimum absolute atomic E-state index is 0. The van der Waals surface area contributed by atoms with Gasteiger partial charge in [-0.15, -0.1) is 34.2 Å². The van der Waals surface area contributed by atoms with E-state index in [-0.39, 0.29) is 36.6 Å². The summed E-state index contributed by atoms with van der Waals surface area (Å²) in [6.07, 6.45) is 4.66. The molecule has 0 radical (unpaired) electrons. The highest BCUT2D eigenvalue weighted by atomic mass is 127. The van der Waals surface area contributed by atoms with Gasteiger partial charge in [0.2, 0.25) is 10.0 Å². The molecule has 0 aliphatic rings. The maximum atomic E-state index is 11.1. The second-order valence-corrected chi connectivity index (χ2v) is 7.40. The Morgan fingerprint density at radius 2 is 2.08 bits per heavy atom. The highest BCUT2D eigenvalue weighted by Gasteiger charge is 2.05. The van der Waals surface area contributed by atoms with Crippen molar-refractivity contribution in [2.45, 2.75) is 46.2 Å². The maximum absolute atomic E-state index is 11.1. The molecule has 25 heavy (non-hydrogen) atoms. The number of sulfonamides is 1. The van der Waals surface area contributed by atoms with Crippen molar-refractivity contribution in [1.29, 1.82) is 0 Å². The quantitative estimate of drug-likeness (QED) is 0.190. The smallest absolute Gasteiger partial charge is 0.208 e. The fraction of sp³-hybridized carbons (Fsp3) is 0.786. The van der Waals surface area contributed by atoms with Crippen molar-refractivity contribution in [1.82, 2.24) is 30.1 Å². The Morgan fingerprint density at radius 1 is 1.36 bits per heavy atom. The molecule has 0 aliphatic carbocycles. The van der Waals surface area contributed by atoms with Crippen LogP contribution in [0.25, 0.3) is 0 Å². The maximum Gasteiger partial charge on any atom is 0.208 e. The molecular formula is C14H30IN7O2S. The summed E-state index contributed by atoms with van der Waals surface area (Å²) >= 11 is 0. The molecule has 0 saturated carbocycles. The number of rotatable bonds is 10. The SMILES string of the molecule is CCc1nncn1CCNC(=NCCNS(C)(=O)=O)NC(C)CC.I. The van der Waals surface area contributed by atoms with Gasteiger partial charge in [-0.1, -0.05) is 13.8 Å². The number of aromatic nitrogens is 3. The van der Waals surface area contributed by atoms with E-state index in [0.717, 1.165) is 31.5 Å². The topological polar surface area (TPSA) is 113 Å². The zero-order chi connectivity index (χ0) is 18.0. The molecule has 9 nitrogen and oxygen atoms in total. The van der Waals surface area contributed by atoms with Crippen molar-refractivity contribution >= 4 is 40.0 Å². The standard InChI is InChI=1S/C14H29N7O2S.HI/c1-5-12(3)19-14(15-7-8-18-24(4,22)23)16-9-10-21-11-17-20-13(21)6-2;/h11-12,18H,5-10H2,1-4H3,(H2,15,16,19);1H.